The van der Waals surface area contributed by atoms with E-state index in [0.29, 0.717) is 18.0 Å². The largest absolute Gasteiger partial charge is 0.377 e. The van der Waals surface area contributed by atoms with Crippen molar-refractivity contribution in [1.29, 1.82) is 0 Å². The number of nitrogens with one attached hydrogen (secondary N) is 2. The van der Waals surface area contributed by atoms with E-state index >= 15 is 0 Å². The van der Waals surface area contributed by atoms with Gasteiger partial charge in [-0.25, -0.2) is 4.68 Å². The summed E-state index contributed by atoms with van der Waals surface area (Å²) in [6.07, 6.45) is 3.33. The molecule has 4 rings (SSSR count). The normalized spacial score (nSPS) is 19.1. The van der Waals surface area contributed by atoms with Gasteiger partial charge in [-0.15, -0.1) is 0 Å². The van der Waals surface area contributed by atoms with Gasteiger partial charge < -0.3 is 10.1 Å². The monoisotopic (exact) mass is 366 g/mol. The number of hydrogen-bond acceptors (Lipinski definition) is 6. The Hall–Kier alpha value is -3.33. The Morgan fingerprint density at radius 1 is 1.26 bits per heavy atom. The van der Waals surface area contributed by atoms with Crippen LogP contribution in [-0.2, 0) is 4.74 Å². The van der Waals surface area contributed by atoms with E-state index in [1.807, 2.05) is 19.1 Å². The van der Waals surface area contributed by atoms with Gasteiger partial charge >= 0.3 is 0 Å². The van der Waals surface area contributed by atoms with Crippen molar-refractivity contribution < 1.29 is 9.53 Å². The first-order chi connectivity index (χ1) is 13.1. The van der Waals surface area contributed by atoms with Crippen LogP contribution in [0, 0.1) is 6.92 Å². The third-order valence-corrected chi connectivity index (χ3v) is 4.42. The molecule has 4 heterocycles. The lowest BCUT2D eigenvalue weighted by atomic mass is 10.1. The minimum Gasteiger partial charge on any atom is -0.377 e. The number of pyridine rings is 1. The van der Waals surface area contributed by atoms with Crippen molar-refractivity contribution in [2.75, 3.05) is 13.2 Å². The van der Waals surface area contributed by atoms with Crippen LogP contribution in [0.4, 0.5) is 0 Å². The molecule has 1 amide bonds. The number of hydrogen-bond donors (Lipinski definition) is 2. The van der Waals surface area contributed by atoms with Crippen LogP contribution in [0.5, 0.6) is 0 Å². The molecule has 2 unspecified atom stereocenters. The van der Waals surface area contributed by atoms with Crippen LogP contribution >= 0.6 is 0 Å². The molecular formula is C18H18N6O3. The SMILES string of the molecule is Cc1cc(C(=O)NC2COCC2n2nc(-c3ccncc3)ccc2=O)n[nH]1. The van der Waals surface area contributed by atoms with Crippen molar-refractivity contribution in [3.63, 3.8) is 0 Å². The minimum absolute atomic E-state index is 0.252. The summed E-state index contributed by atoms with van der Waals surface area (Å²) in [4.78, 5) is 28.8. The Balaban J connectivity index is 1.60. The number of H-pyrrole nitrogens is 1. The molecule has 0 aromatic carbocycles. The Bertz CT molecular complexity index is 1010. The fraction of sp³-hybridized carbons (Fsp3) is 0.278. The second-order valence-electron chi connectivity index (χ2n) is 6.36. The first-order valence-corrected chi connectivity index (χ1v) is 8.53. The maximum absolute atomic E-state index is 12.4. The van der Waals surface area contributed by atoms with Crippen molar-refractivity contribution in [3.8, 4) is 11.3 Å². The van der Waals surface area contributed by atoms with E-state index in [1.54, 1.807) is 24.5 Å². The smallest absolute Gasteiger partial charge is 0.272 e. The van der Waals surface area contributed by atoms with Gasteiger partial charge in [0, 0.05) is 29.7 Å². The zero-order valence-corrected chi connectivity index (χ0v) is 14.6. The molecule has 9 heteroatoms. The fourth-order valence-corrected chi connectivity index (χ4v) is 3.04. The van der Waals surface area contributed by atoms with E-state index in [0.717, 1.165) is 11.3 Å². The van der Waals surface area contributed by atoms with Crippen LogP contribution in [0.25, 0.3) is 11.3 Å². The number of ether oxygens (including phenoxy) is 1. The van der Waals surface area contributed by atoms with Crippen molar-refractivity contribution in [2.24, 2.45) is 0 Å². The lowest BCUT2D eigenvalue weighted by Gasteiger charge is -2.20. The van der Waals surface area contributed by atoms with Gasteiger partial charge in [0.15, 0.2) is 0 Å². The summed E-state index contributed by atoms with van der Waals surface area (Å²) in [6.45, 7) is 2.41. The summed E-state index contributed by atoms with van der Waals surface area (Å²) in [5, 5.41) is 14.1. The van der Waals surface area contributed by atoms with Crippen LogP contribution in [0.3, 0.4) is 0 Å². The number of nitrogens with zero attached hydrogens (tertiary/aromatic N) is 4. The molecule has 1 aliphatic heterocycles. The zero-order valence-electron chi connectivity index (χ0n) is 14.6. The summed E-state index contributed by atoms with van der Waals surface area (Å²) in [6, 6.07) is 7.66. The van der Waals surface area contributed by atoms with Gasteiger partial charge in [-0.05, 0) is 31.2 Å². The molecule has 0 bridgehead atoms. The van der Waals surface area contributed by atoms with Crippen molar-refractivity contribution in [2.45, 2.75) is 19.0 Å². The lowest BCUT2D eigenvalue weighted by Crippen LogP contribution is -2.44. The van der Waals surface area contributed by atoms with Gasteiger partial charge in [0.1, 0.15) is 11.7 Å². The Kier molecular flexibility index (Phi) is 4.51. The van der Waals surface area contributed by atoms with Gasteiger partial charge in [-0.1, -0.05) is 0 Å². The number of amides is 1. The maximum Gasteiger partial charge on any atom is 0.272 e. The highest BCUT2D eigenvalue weighted by molar-refractivity contribution is 5.92. The summed E-state index contributed by atoms with van der Waals surface area (Å²) in [7, 11) is 0. The van der Waals surface area contributed by atoms with Crippen molar-refractivity contribution in [3.05, 3.63) is 64.5 Å². The third-order valence-electron chi connectivity index (χ3n) is 4.42. The second kappa shape index (κ2) is 7.12. The topological polar surface area (TPSA) is 115 Å². The van der Waals surface area contributed by atoms with Crippen molar-refractivity contribution in [1.82, 2.24) is 30.3 Å². The van der Waals surface area contributed by atoms with Gasteiger partial charge in [0.25, 0.3) is 11.5 Å². The predicted octanol–water partition coefficient (Wildman–Crippen LogP) is 0.707. The Labute approximate surface area is 154 Å². The highest BCUT2D eigenvalue weighted by Crippen LogP contribution is 2.20. The molecule has 2 atom stereocenters. The Morgan fingerprint density at radius 2 is 2.07 bits per heavy atom. The van der Waals surface area contributed by atoms with E-state index in [2.05, 4.69) is 25.6 Å². The molecular weight excluding hydrogens is 348 g/mol. The van der Waals surface area contributed by atoms with Crippen LogP contribution in [0.1, 0.15) is 22.2 Å². The molecule has 0 radical (unpaired) electrons. The van der Waals surface area contributed by atoms with Gasteiger partial charge in [0.2, 0.25) is 0 Å². The Morgan fingerprint density at radius 3 is 2.81 bits per heavy atom. The number of aryl methyl sites for hydroxylation is 1. The maximum atomic E-state index is 12.4. The van der Waals surface area contributed by atoms with E-state index in [9.17, 15) is 9.59 Å². The first kappa shape index (κ1) is 17.1. The number of carbonyl (C=O) groups is 1. The second-order valence-corrected chi connectivity index (χ2v) is 6.36. The van der Waals surface area contributed by atoms with Gasteiger partial charge in [0.05, 0.1) is 24.9 Å². The highest BCUT2D eigenvalue weighted by Gasteiger charge is 2.33. The highest BCUT2D eigenvalue weighted by atomic mass is 16.5. The average Bonchev–Trinajstić information content (AvgIpc) is 3.32. The van der Waals surface area contributed by atoms with Crippen LogP contribution in [-0.4, -0.2) is 50.1 Å². The molecule has 1 fully saturated rings. The molecule has 1 saturated heterocycles. The summed E-state index contributed by atoms with van der Waals surface area (Å²) >= 11 is 0. The molecule has 0 spiro atoms. The molecule has 9 nitrogen and oxygen atoms in total. The molecule has 3 aromatic heterocycles. The van der Waals surface area contributed by atoms with Crippen molar-refractivity contribution >= 4 is 5.91 Å². The third kappa shape index (κ3) is 3.49. The predicted molar refractivity (Wildman–Crippen MR) is 96.2 cm³/mol. The number of rotatable bonds is 4. The van der Waals surface area contributed by atoms with E-state index in [4.69, 9.17) is 4.74 Å². The average molecular weight is 366 g/mol. The number of aromatic nitrogens is 5. The molecule has 0 aliphatic carbocycles. The number of carbonyl (C=O) groups excluding carboxylic acids is 1. The van der Waals surface area contributed by atoms with Crippen LogP contribution in [0.15, 0.2) is 47.5 Å². The quantitative estimate of drug-likeness (QED) is 0.703. The van der Waals surface area contributed by atoms with Crippen LogP contribution in [0.2, 0.25) is 0 Å². The zero-order chi connectivity index (χ0) is 18.8. The van der Waals surface area contributed by atoms with E-state index in [1.165, 1.54) is 10.7 Å². The molecule has 138 valence electrons. The summed E-state index contributed by atoms with van der Waals surface area (Å²) in [5.74, 6) is -0.321. The molecule has 2 N–H and O–H groups in total. The standard InChI is InChI=1S/C18H18N6O3/c1-11-8-14(22-21-11)18(26)20-15-9-27-10-16(15)24-17(25)3-2-13(23-24)12-4-6-19-7-5-12/h2-8,15-16H,9-10H2,1H3,(H,20,26)(H,21,22). The van der Waals surface area contributed by atoms with Gasteiger partial charge in [-0.2, -0.15) is 10.2 Å². The molecule has 27 heavy (non-hydrogen) atoms. The van der Waals surface area contributed by atoms with E-state index < -0.39 is 6.04 Å². The number of aromatic amines is 1. The first-order valence-electron chi connectivity index (χ1n) is 8.53. The molecule has 3 aromatic rings. The lowest BCUT2D eigenvalue weighted by molar-refractivity contribution is 0.0919. The molecule has 1 aliphatic rings. The minimum atomic E-state index is -0.400. The van der Waals surface area contributed by atoms with Crippen LogP contribution < -0.4 is 10.9 Å². The molecule has 0 saturated carbocycles. The summed E-state index contributed by atoms with van der Waals surface area (Å²) < 4.78 is 6.89. The fourth-order valence-electron chi connectivity index (χ4n) is 3.04. The van der Waals surface area contributed by atoms with E-state index in [-0.39, 0.29) is 24.1 Å². The summed E-state index contributed by atoms with van der Waals surface area (Å²) in [5.41, 5.74) is 2.34. The van der Waals surface area contributed by atoms with Gasteiger partial charge in [-0.3, -0.25) is 19.7 Å².